The van der Waals surface area contributed by atoms with Gasteiger partial charge in [0, 0.05) is 17.6 Å². The summed E-state index contributed by atoms with van der Waals surface area (Å²) in [5.41, 5.74) is 0.686. The lowest BCUT2D eigenvalue weighted by molar-refractivity contribution is 0.143. The molecule has 1 aromatic rings. The summed E-state index contributed by atoms with van der Waals surface area (Å²) in [5.74, 6) is -0.0351. The molecule has 0 saturated carbocycles. The van der Waals surface area contributed by atoms with E-state index in [0.717, 1.165) is 10.9 Å². The SMILES string of the molecule is CC1CCN(C(=O)NCc2cc(F)ccc2Br)C1CO. The summed E-state index contributed by atoms with van der Waals surface area (Å²) >= 11 is 3.33. The minimum Gasteiger partial charge on any atom is -0.394 e. The summed E-state index contributed by atoms with van der Waals surface area (Å²) in [6.45, 7) is 2.89. The lowest BCUT2D eigenvalue weighted by Gasteiger charge is -2.25. The molecule has 6 heteroatoms. The Labute approximate surface area is 126 Å². The highest BCUT2D eigenvalue weighted by atomic mass is 79.9. The van der Waals surface area contributed by atoms with E-state index in [1.807, 2.05) is 6.92 Å². The minimum atomic E-state index is -0.333. The van der Waals surface area contributed by atoms with E-state index < -0.39 is 0 Å². The van der Waals surface area contributed by atoms with Crippen molar-refractivity contribution in [3.63, 3.8) is 0 Å². The Bertz CT molecular complexity index is 498. The van der Waals surface area contributed by atoms with Gasteiger partial charge in [0.05, 0.1) is 12.6 Å². The third-order valence-corrected chi connectivity index (χ3v) is 4.54. The van der Waals surface area contributed by atoms with Crippen LogP contribution in [0.2, 0.25) is 0 Å². The van der Waals surface area contributed by atoms with Gasteiger partial charge in [0.2, 0.25) is 0 Å². The zero-order valence-electron chi connectivity index (χ0n) is 11.3. The lowest BCUT2D eigenvalue weighted by atomic mass is 10.0. The largest absolute Gasteiger partial charge is 0.394 e. The molecule has 2 N–H and O–H groups in total. The molecule has 2 atom stereocenters. The van der Waals surface area contributed by atoms with E-state index in [0.29, 0.717) is 18.0 Å². The molecular formula is C14H18BrFN2O2. The van der Waals surface area contributed by atoms with Crippen molar-refractivity contribution in [1.82, 2.24) is 10.2 Å². The van der Waals surface area contributed by atoms with Crippen molar-refractivity contribution in [2.45, 2.75) is 25.9 Å². The van der Waals surface area contributed by atoms with E-state index in [1.54, 1.807) is 11.0 Å². The Morgan fingerprint density at radius 2 is 2.35 bits per heavy atom. The van der Waals surface area contributed by atoms with Crippen LogP contribution in [0.25, 0.3) is 0 Å². The standard InChI is InChI=1S/C14H18BrFN2O2/c1-9-4-5-18(13(9)8-19)14(20)17-7-10-6-11(16)2-3-12(10)15/h2-3,6,9,13,19H,4-5,7-8H2,1H3,(H,17,20). The molecule has 1 fully saturated rings. The highest BCUT2D eigenvalue weighted by Crippen LogP contribution is 2.23. The fourth-order valence-electron chi connectivity index (χ4n) is 2.49. The molecule has 0 aromatic heterocycles. The zero-order valence-corrected chi connectivity index (χ0v) is 12.9. The van der Waals surface area contributed by atoms with Crippen LogP contribution in [-0.2, 0) is 6.54 Å². The number of hydrogen-bond acceptors (Lipinski definition) is 2. The van der Waals surface area contributed by atoms with E-state index >= 15 is 0 Å². The van der Waals surface area contributed by atoms with Gasteiger partial charge in [-0.15, -0.1) is 0 Å². The summed E-state index contributed by atoms with van der Waals surface area (Å²) in [6, 6.07) is 4.01. The van der Waals surface area contributed by atoms with Crippen LogP contribution in [0.3, 0.4) is 0 Å². The minimum absolute atomic E-state index is 0.0295. The maximum absolute atomic E-state index is 13.2. The monoisotopic (exact) mass is 344 g/mol. The molecule has 0 radical (unpaired) electrons. The Morgan fingerprint density at radius 3 is 3.05 bits per heavy atom. The van der Waals surface area contributed by atoms with Gasteiger partial charge < -0.3 is 15.3 Å². The van der Waals surface area contributed by atoms with Crippen molar-refractivity contribution in [2.24, 2.45) is 5.92 Å². The van der Waals surface area contributed by atoms with Gasteiger partial charge in [-0.1, -0.05) is 22.9 Å². The van der Waals surface area contributed by atoms with Gasteiger partial charge in [0.1, 0.15) is 5.82 Å². The molecule has 1 aliphatic heterocycles. The van der Waals surface area contributed by atoms with Crippen LogP contribution < -0.4 is 5.32 Å². The highest BCUT2D eigenvalue weighted by molar-refractivity contribution is 9.10. The van der Waals surface area contributed by atoms with Crippen LogP contribution >= 0.6 is 15.9 Å². The summed E-state index contributed by atoms with van der Waals surface area (Å²) < 4.78 is 13.9. The Balaban J connectivity index is 1.97. The van der Waals surface area contributed by atoms with Crippen LogP contribution in [0.4, 0.5) is 9.18 Å². The van der Waals surface area contributed by atoms with Gasteiger partial charge >= 0.3 is 6.03 Å². The molecular weight excluding hydrogens is 327 g/mol. The van der Waals surface area contributed by atoms with Crippen LogP contribution in [-0.4, -0.2) is 35.2 Å². The van der Waals surface area contributed by atoms with E-state index in [9.17, 15) is 14.3 Å². The molecule has 1 aliphatic rings. The molecule has 110 valence electrons. The van der Waals surface area contributed by atoms with E-state index in [1.165, 1.54) is 12.1 Å². The van der Waals surface area contributed by atoms with Crippen LogP contribution in [0.5, 0.6) is 0 Å². The number of hydrogen-bond donors (Lipinski definition) is 2. The molecule has 1 saturated heterocycles. The third-order valence-electron chi connectivity index (χ3n) is 3.77. The van der Waals surface area contributed by atoms with E-state index in [-0.39, 0.29) is 31.0 Å². The second kappa shape index (κ2) is 6.54. The van der Waals surface area contributed by atoms with Crippen molar-refractivity contribution < 1.29 is 14.3 Å². The first-order valence-electron chi connectivity index (χ1n) is 6.62. The van der Waals surface area contributed by atoms with Gasteiger partial charge in [-0.05, 0) is 36.1 Å². The lowest BCUT2D eigenvalue weighted by Crippen LogP contribution is -2.45. The number of likely N-dealkylation sites (tertiary alicyclic amines) is 1. The molecule has 2 amide bonds. The summed E-state index contributed by atoms with van der Waals surface area (Å²) in [5, 5.41) is 12.1. The summed E-state index contributed by atoms with van der Waals surface area (Å²) in [7, 11) is 0. The fourth-order valence-corrected chi connectivity index (χ4v) is 2.88. The maximum atomic E-state index is 13.2. The number of amides is 2. The number of halogens is 2. The first kappa shape index (κ1) is 15.3. The molecule has 1 heterocycles. The number of carbonyl (C=O) groups excluding carboxylic acids is 1. The summed E-state index contributed by atoms with van der Waals surface area (Å²) in [6.07, 6.45) is 0.891. The topological polar surface area (TPSA) is 52.6 Å². The van der Waals surface area contributed by atoms with Crippen LogP contribution in [0, 0.1) is 11.7 Å². The maximum Gasteiger partial charge on any atom is 0.318 e. The Kier molecular flexibility index (Phi) is 4.99. The number of nitrogens with zero attached hydrogens (tertiary/aromatic N) is 1. The molecule has 2 unspecified atom stereocenters. The van der Waals surface area contributed by atoms with E-state index in [2.05, 4.69) is 21.2 Å². The quantitative estimate of drug-likeness (QED) is 0.885. The molecule has 0 bridgehead atoms. The number of benzene rings is 1. The number of aliphatic hydroxyl groups excluding tert-OH is 1. The second-order valence-corrected chi connectivity index (χ2v) is 5.96. The molecule has 4 nitrogen and oxygen atoms in total. The normalized spacial score (nSPS) is 22.1. The van der Waals surface area contributed by atoms with E-state index in [4.69, 9.17) is 0 Å². The first-order chi connectivity index (χ1) is 9.52. The van der Waals surface area contributed by atoms with Crippen molar-refractivity contribution in [3.05, 3.63) is 34.1 Å². The second-order valence-electron chi connectivity index (χ2n) is 5.10. The Morgan fingerprint density at radius 1 is 1.60 bits per heavy atom. The molecule has 0 spiro atoms. The third kappa shape index (κ3) is 3.30. The van der Waals surface area contributed by atoms with Crippen molar-refractivity contribution >= 4 is 22.0 Å². The van der Waals surface area contributed by atoms with Gasteiger partial charge in [-0.25, -0.2) is 9.18 Å². The summed E-state index contributed by atoms with van der Waals surface area (Å²) in [4.78, 5) is 13.8. The predicted molar refractivity (Wildman–Crippen MR) is 77.7 cm³/mol. The molecule has 1 aromatic carbocycles. The number of urea groups is 1. The first-order valence-corrected chi connectivity index (χ1v) is 7.41. The highest BCUT2D eigenvalue weighted by Gasteiger charge is 2.33. The van der Waals surface area contributed by atoms with Gasteiger partial charge in [0.25, 0.3) is 0 Å². The van der Waals surface area contributed by atoms with Crippen molar-refractivity contribution in [3.8, 4) is 0 Å². The molecule has 2 rings (SSSR count). The molecule has 0 aliphatic carbocycles. The number of rotatable bonds is 3. The van der Waals surface area contributed by atoms with Gasteiger partial charge in [-0.2, -0.15) is 0 Å². The predicted octanol–water partition coefficient (Wildman–Crippen LogP) is 2.50. The van der Waals surface area contributed by atoms with Gasteiger partial charge in [0.15, 0.2) is 0 Å². The van der Waals surface area contributed by atoms with Crippen LogP contribution in [0.1, 0.15) is 18.9 Å². The number of nitrogens with one attached hydrogen (secondary N) is 1. The Hall–Kier alpha value is -1.14. The average molecular weight is 345 g/mol. The smallest absolute Gasteiger partial charge is 0.318 e. The van der Waals surface area contributed by atoms with Crippen LogP contribution in [0.15, 0.2) is 22.7 Å². The van der Waals surface area contributed by atoms with Gasteiger partial charge in [-0.3, -0.25) is 0 Å². The number of aliphatic hydroxyl groups is 1. The number of carbonyl (C=O) groups is 1. The van der Waals surface area contributed by atoms with Crippen molar-refractivity contribution in [2.75, 3.05) is 13.2 Å². The average Bonchev–Trinajstić information content (AvgIpc) is 2.80. The molecule has 20 heavy (non-hydrogen) atoms. The zero-order chi connectivity index (χ0) is 14.7. The fraction of sp³-hybridized carbons (Fsp3) is 0.500. The van der Waals surface area contributed by atoms with Crippen molar-refractivity contribution in [1.29, 1.82) is 0 Å².